The van der Waals surface area contributed by atoms with Gasteiger partial charge in [0.15, 0.2) is 5.78 Å². The van der Waals surface area contributed by atoms with Crippen molar-refractivity contribution in [3.05, 3.63) is 57.3 Å². The molecule has 1 aliphatic rings. The van der Waals surface area contributed by atoms with E-state index in [1.54, 1.807) is 24.3 Å². The molecule has 128 valence electrons. The molecule has 0 N–H and O–H groups in total. The van der Waals surface area contributed by atoms with Crippen molar-refractivity contribution in [2.24, 2.45) is 0 Å². The molecule has 0 atom stereocenters. The number of hydrogen-bond donors (Lipinski definition) is 0. The van der Waals surface area contributed by atoms with Crippen LogP contribution in [-0.2, 0) is 16.1 Å². The molecule has 1 aromatic heterocycles. The Hall–Kier alpha value is -2.80. The third-order valence-corrected chi connectivity index (χ3v) is 5.02. The summed E-state index contributed by atoms with van der Waals surface area (Å²) in [5, 5.41) is 1.82. The molecule has 1 aliphatic heterocycles. The first-order valence-corrected chi connectivity index (χ1v) is 8.56. The third-order valence-electron chi connectivity index (χ3n) is 4.16. The zero-order valence-electron chi connectivity index (χ0n) is 13.8. The molecular weight excluding hydrogens is 340 g/mol. The van der Waals surface area contributed by atoms with Gasteiger partial charge in [0, 0.05) is 10.4 Å². The summed E-state index contributed by atoms with van der Waals surface area (Å²) in [6.07, 6.45) is 0. The number of urea groups is 1. The molecule has 0 unspecified atom stereocenters. The molecule has 0 spiro atoms. The minimum absolute atomic E-state index is 0.0371. The predicted octanol–water partition coefficient (Wildman–Crippen LogP) is 2.54. The van der Waals surface area contributed by atoms with Gasteiger partial charge in [0.25, 0.3) is 0 Å². The van der Waals surface area contributed by atoms with Crippen LogP contribution >= 0.6 is 11.3 Å². The maximum atomic E-state index is 12.4. The minimum Gasteiger partial charge on any atom is -0.292 e. The van der Waals surface area contributed by atoms with Crippen LogP contribution in [0.2, 0.25) is 0 Å². The maximum absolute atomic E-state index is 12.4. The van der Waals surface area contributed by atoms with Gasteiger partial charge >= 0.3 is 17.8 Å². The van der Waals surface area contributed by atoms with Gasteiger partial charge < -0.3 is 0 Å². The van der Waals surface area contributed by atoms with Crippen LogP contribution in [0.3, 0.4) is 0 Å². The molecule has 2 aromatic rings. The van der Waals surface area contributed by atoms with Gasteiger partial charge in [-0.2, -0.15) is 0 Å². The predicted molar refractivity (Wildman–Crippen MR) is 92.2 cm³/mol. The number of aryl methyl sites for hydroxylation is 2. The molecule has 3 rings (SSSR count). The first-order valence-electron chi connectivity index (χ1n) is 7.68. The fourth-order valence-corrected chi connectivity index (χ4v) is 3.23. The Bertz CT molecular complexity index is 873. The molecule has 0 saturated carbocycles. The SMILES string of the molecule is Cc1ccc(C(=O)CN2C(=O)C(=O)N(Cc3cccs3)C2=O)cc1C. The number of ketones is 1. The van der Waals surface area contributed by atoms with E-state index in [0.717, 1.165) is 20.9 Å². The lowest BCUT2D eigenvalue weighted by molar-refractivity contribution is -0.143. The fourth-order valence-electron chi connectivity index (χ4n) is 2.54. The van der Waals surface area contributed by atoms with E-state index in [0.29, 0.717) is 10.5 Å². The third kappa shape index (κ3) is 3.23. The van der Waals surface area contributed by atoms with E-state index < -0.39 is 24.4 Å². The zero-order valence-corrected chi connectivity index (χ0v) is 14.6. The van der Waals surface area contributed by atoms with Gasteiger partial charge in [-0.15, -0.1) is 11.3 Å². The number of carbonyl (C=O) groups excluding carboxylic acids is 4. The van der Waals surface area contributed by atoms with Crippen molar-refractivity contribution < 1.29 is 19.2 Å². The zero-order chi connectivity index (χ0) is 18.1. The molecule has 0 bridgehead atoms. The van der Waals surface area contributed by atoms with Crippen molar-refractivity contribution in [1.82, 2.24) is 9.80 Å². The Morgan fingerprint density at radius 2 is 1.72 bits per heavy atom. The van der Waals surface area contributed by atoms with E-state index in [1.165, 1.54) is 11.3 Å². The molecule has 0 aliphatic carbocycles. The molecule has 6 nitrogen and oxygen atoms in total. The summed E-state index contributed by atoms with van der Waals surface area (Å²) in [4.78, 5) is 51.4. The highest BCUT2D eigenvalue weighted by molar-refractivity contribution is 7.09. The number of nitrogens with zero attached hydrogens (tertiary/aromatic N) is 2. The standard InChI is InChI=1S/C18H16N2O4S/c1-11-5-6-13(8-12(11)2)15(21)10-20-17(23)16(22)19(18(20)24)9-14-4-3-7-25-14/h3-8H,9-10H2,1-2H3. The number of benzene rings is 1. The van der Waals surface area contributed by atoms with Crippen molar-refractivity contribution in [3.8, 4) is 0 Å². The molecule has 25 heavy (non-hydrogen) atoms. The highest BCUT2D eigenvalue weighted by Gasteiger charge is 2.45. The second kappa shape index (κ2) is 6.60. The Morgan fingerprint density at radius 1 is 1.00 bits per heavy atom. The number of imide groups is 2. The number of rotatable bonds is 5. The Labute approximate surface area is 148 Å². The van der Waals surface area contributed by atoms with Crippen molar-refractivity contribution in [1.29, 1.82) is 0 Å². The van der Waals surface area contributed by atoms with E-state index in [-0.39, 0.29) is 12.3 Å². The summed E-state index contributed by atoms with van der Waals surface area (Å²) in [5.74, 6) is -2.24. The second-order valence-electron chi connectivity index (χ2n) is 5.87. The molecule has 4 amide bonds. The first-order chi connectivity index (χ1) is 11.9. The fraction of sp³-hybridized carbons (Fsp3) is 0.222. The lowest BCUT2D eigenvalue weighted by Gasteiger charge is -2.14. The van der Waals surface area contributed by atoms with E-state index >= 15 is 0 Å². The van der Waals surface area contributed by atoms with Gasteiger partial charge in [-0.1, -0.05) is 18.2 Å². The molecule has 1 aromatic carbocycles. The van der Waals surface area contributed by atoms with E-state index in [9.17, 15) is 19.2 Å². The summed E-state index contributed by atoms with van der Waals surface area (Å²) in [5.41, 5.74) is 2.40. The van der Waals surface area contributed by atoms with Gasteiger partial charge in [-0.25, -0.2) is 9.69 Å². The van der Waals surface area contributed by atoms with Crippen LogP contribution in [0.5, 0.6) is 0 Å². The van der Waals surface area contributed by atoms with Crippen LogP contribution in [0.4, 0.5) is 4.79 Å². The normalized spacial score (nSPS) is 14.6. The largest absolute Gasteiger partial charge is 0.335 e. The van der Waals surface area contributed by atoms with Gasteiger partial charge in [-0.05, 0) is 42.5 Å². The average Bonchev–Trinajstić information content (AvgIpc) is 3.16. The summed E-state index contributed by atoms with van der Waals surface area (Å²) < 4.78 is 0. The van der Waals surface area contributed by atoms with Gasteiger partial charge in [0.1, 0.15) is 0 Å². The molecule has 0 radical (unpaired) electrons. The number of amides is 4. The Kier molecular flexibility index (Phi) is 4.50. The van der Waals surface area contributed by atoms with Crippen LogP contribution < -0.4 is 0 Å². The van der Waals surface area contributed by atoms with E-state index in [4.69, 9.17) is 0 Å². The van der Waals surface area contributed by atoms with Gasteiger partial charge in [0.2, 0.25) is 0 Å². The minimum atomic E-state index is -0.960. The molecular formula is C18H16N2O4S. The number of hydrogen-bond acceptors (Lipinski definition) is 5. The van der Waals surface area contributed by atoms with Crippen LogP contribution in [0.1, 0.15) is 26.4 Å². The van der Waals surface area contributed by atoms with Crippen LogP contribution in [0, 0.1) is 13.8 Å². The summed E-state index contributed by atoms with van der Waals surface area (Å²) in [7, 11) is 0. The van der Waals surface area contributed by atoms with Crippen LogP contribution in [-0.4, -0.2) is 40.0 Å². The smallest absolute Gasteiger partial charge is 0.292 e. The summed E-state index contributed by atoms with van der Waals surface area (Å²) in [6.45, 7) is 3.41. The van der Waals surface area contributed by atoms with E-state index in [1.807, 2.05) is 25.3 Å². The lowest BCUT2D eigenvalue weighted by Crippen LogP contribution is -2.36. The number of Topliss-reactive ketones (excluding diaryl/α,β-unsaturated/α-hetero) is 1. The Balaban J connectivity index is 1.76. The quantitative estimate of drug-likeness (QED) is 0.469. The molecule has 2 heterocycles. The van der Waals surface area contributed by atoms with Crippen molar-refractivity contribution in [2.75, 3.05) is 6.54 Å². The highest BCUT2D eigenvalue weighted by Crippen LogP contribution is 2.19. The molecule has 7 heteroatoms. The average molecular weight is 356 g/mol. The summed E-state index contributed by atoms with van der Waals surface area (Å²) >= 11 is 1.39. The van der Waals surface area contributed by atoms with E-state index in [2.05, 4.69) is 0 Å². The van der Waals surface area contributed by atoms with Crippen LogP contribution in [0.15, 0.2) is 35.7 Å². The Morgan fingerprint density at radius 3 is 2.36 bits per heavy atom. The van der Waals surface area contributed by atoms with Crippen LogP contribution in [0.25, 0.3) is 0 Å². The molecule has 1 fully saturated rings. The van der Waals surface area contributed by atoms with Gasteiger partial charge in [-0.3, -0.25) is 19.3 Å². The topological polar surface area (TPSA) is 74.8 Å². The second-order valence-corrected chi connectivity index (χ2v) is 6.90. The summed E-state index contributed by atoms with van der Waals surface area (Å²) in [6, 6.07) is 8.01. The first kappa shape index (κ1) is 17.0. The van der Waals surface area contributed by atoms with Gasteiger partial charge in [0.05, 0.1) is 13.1 Å². The number of thiophene rings is 1. The number of carbonyl (C=O) groups is 4. The van der Waals surface area contributed by atoms with Crippen molar-refractivity contribution in [3.63, 3.8) is 0 Å². The monoisotopic (exact) mass is 356 g/mol. The molecule has 1 saturated heterocycles. The van der Waals surface area contributed by atoms with Crippen molar-refractivity contribution >= 4 is 35.0 Å². The lowest BCUT2D eigenvalue weighted by atomic mass is 10.0. The maximum Gasteiger partial charge on any atom is 0.335 e. The highest BCUT2D eigenvalue weighted by atomic mass is 32.1. The van der Waals surface area contributed by atoms with Crippen molar-refractivity contribution in [2.45, 2.75) is 20.4 Å².